The molecule has 1 saturated heterocycles. The zero-order valence-electron chi connectivity index (χ0n) is 42.2. The van der Waals surface area contributed by atoms with Crippen molar-refractivity contribution in [2.45, 2.75) is 133 Å². The molecule has 23 nitrogen and oxygen atoms in total. The van der Waals surface area contributed by atoms with E-state index in [1.54, 1.807) is 42.5 Å². The Balaban J connectivity index is 1.56. The van der Waals surface area contributed by atoms with Gasteiger partial charge in [0.25, 0.3) is 0 Å². The number of aromatic nitrogens is 2. The predicted octanol–water partition coefficient (Wildman–Crippen LogP) is 0.0229. The minimum atomic E-state index is -1.59. The minimum absolute atomic E-state index is 0.00540. The van der Waals surface area contributed by atoms with Crippen LogP contribution in [0.15, 0.2) is 90.3 Å². The van der Waals surface area contributed by atoms with Crippen LogP contribution in [-0.2, 0) is 62.4 Å². The Hall–Kier alpha value is -8.37. The monoisotopic (exact) mass is 1040 g/mol. The number of imidazole rings is 1. The minimum Gasteiger partial charge on any atom is -0.480 e. The molecule has 1 aliphatic rings. The maximum absolute atomic E-state index is 14.7. The molecule has 7 atom stereocenters. The maximum atomic E-state index is 14.7. The van der Waals surface area contributed by atoms with Gasteiger partial charge >= 0.3 is 5.97 Å². The van der Waals surface area contributed by atoms with Crippen molar-refractivity contribution < 1.29 is 48.3 Å². The standard InChI is InChI=1S/C52H69N13O10/c1-3-4-20-37(59-31(2)66)45(68)65-43-28-44(67)56-23-11-10-21-39(51(74)75)61-48(71)41(26-34-18-12-17-33-16-8-9-19-36(33)34)63-46(69)38(22-13-24-57-52(53)54)60-47(70)40(25-32-14-6-5-7-15-32)62-49(72)42(64-50(43)73)27-35-29-55-30-58-35/h5-9,12,14-19,29-30,37-43H,3-4,10-11,13,20-28H2,1-2H3,(H,55,58)(H,56,67)(H,59,66)(H,60,70)(H,61,71)(H,62,72)(H,63,69)(H,64,73)(H,65,68)(H,74,75)(H4,53,54,57)/t37-,38-,39-,40+,41-,42-,43-/m0/s1. The molecule has 0 radical (unpaired) electrons. The van der Waals surface area contributed by atoms with Crippen LogP contribution in [0.4, 0.5) is 0 Å². The summed E-state index contributed by atoms with van der Waals surface area (Å²) in [6.07, 6.45) is 3.63. The van der Waals surface area contributed by atoms with Gasteiger partial charge in [0, 0.05) is 51.2 Å². The number of amides is 8. The summed E-state index contributed by atoms with van der Waals surface area (Å²) >= 11 is 0. The Bertz CT molecular complexity index is 2620. The van der Waals surface area contributed by atoms with Gasteiger partial charge in [-0.3, -0.25) is 43.3 Å². The Morgan fingerprint density at radius 1 is 0.760 bits per heavy atom. The Kier molecular flexibility index (Phi) is 22.5. The molecule has 75 heavy (non-hydrogen) atoms. The van der Waals surface area contributed by atoms with Gasteiger partial charge in [0.15, 0.2) is 5.96 Å². The first-order valence-electron chi connectivity index (χ1n) is 25.1. The van der Waals surface area contributed by atoms with Crippen molar-refractivity contribution in [3.05, 3.63) is 102 Å². The summed E-state index contributed by atoms with van der Waals surface area (Å²) < 4.78 is 0. The lowest BCUT2D eigenvalue weighted by atomic mass is 9.97. The number of carbonyl (C=O) groups is 9. The molecule has 5 rings (SSSR count). The average Bonchev–Trinajstić information content (AvgIpc) is 3.90. The van der Waals surface area contributed by atoms with Gasteiger partial charge in [0.05, 0.1) is 12.7 Å². The molecule has 0 aliphatic carbocycles. The van der Waals surface area contributed by atoms with E-state index in [-0.39, 0.29) is 76.8 Å². The number of nitrogens with zero attached hydrogens (tertiary/aromatic N) is 2. The molecule has 14 N–H and O–H groups in total. The fourth-order valence-electron chi connectivity index (χ4n) is 8.54. The number of hydrogen-bond acceptors (Lipinski definition) is 11. The third-order valence-corrected chi connectivity index (χ3v) is 12.5. The molecule has 1 aliphatic heterocycles. The second-order valence-corrected chi connectivity index (χ2v) is 18.4. The number of benzene rings is 3. The van der Waals surface area contributed by atoms with Crippen molar-refractivity contribution in [2.75, 3.05) is 13.1 Å². The van der Waals surface area contributed by atoms with Crippen molar-refractivity contribution >= 4 is 70.0 Å². The Morgan fingerprint density at radius 2 is 1.40 bits per heavy atom. The first kappa shape index (κ1) is 57.5. The van der Waals surface area contributed by atoms with Gasteiger partial charge in [0.1, 0.15) is 42.3 Å². The topological polar surface area (TPSA) is 363 Å². The van der Waals surface area contributed by atoms with Crippen molar-refractivity contribution in [3.8, 4) is 0 Å². The molecular formula is C52H69N13O10. The van der Waals surface area contributed by atoms with Gasteiger partial charge in [-0.2, -0.15) is 0 Å². The van der Waals surface area contributed by atoms with Crippen molar-refractivity contribution in [3.63, 3.8) is 0 Å². The fourth-order valence-corrected chi connectivity index (χ4v) is 8.54. The van der Waals surface area contributed by atoms with Crippen LogP contribution in [0.25, 0.3) is 10.8 Å². The van der Waals surface area contributed by atoms with Crippen LogP contribution in [0.1, 0.15) is 88.5 Å². The van der Waals surface area contributed by atoms with Crippen LogP contribution in [-0.4, -0.2) is 130 Å². The molecule has 1 fully saturated rings. The quantitative estimate of drug-likeness (QED) is 0.0378. The predicted molar refractivity (Wildman–Crippen MR) is 278 cm³/mol. The highest BCUT2D eigenvalue weighted by Crippen LogP contribution is 2.21. The van der Waals surface area contributed by atoms with Crippen LogP contribution >= 0.6 is 0 Å². The molecular weight excluding hydrogens is 967 g/mol. The third-order valence-electron chi connectivity index (χ3n) is 12.5. The molecule has 0 bridgehead atoms. The Labute approximate surface area is 434 Å². The summed E-state index contributed by atoms with van der Waals surface area (Å²) in [5, 5.41) is 33.3. The molecule has 402 valence electrons. The number of carbonyl (C=O) groups excluding carboxylic acids is 8. The van der Waals surface area contributed by atoms with Crippen LogP contribution < -0.4 is 54.0 Å². The molecule has 8 amide bonds. The van der Waals surface area contributed by atoms with E-state index < -0.39 is 102 Å². The zero-order chi connectivity index (χ0) is 54.3. The molecule has 1 aromatic heterocycles. The van der Waals surface area contributed by atoms with E-state index in [4.69, 9.17) is 11.5 Å². The highest BCUT2D eigenvalue weighted by molar-refractivity contribution is 5.99. The largest absolute Gasteiger partial charge is 0.480 e. The second kappa shape index (κ2) is 29.4. The number of aromatic amines is 1. The van der Waals surface area contributed by atoms with Gasteiger partial charge in [0.2, 0.25) is 47.3 Å². The average molecular weight is 1040 g/mol. The van der Waals surface area contributed by atoms with Crippen molar-refractivity contribution in [1.29, 1.82) is 0 Å². The zero-order valence-corrected chi connectivity index (χ0v) is 42.2. The van der Waals surface area contributed by atoms with E-state index in [1.807, 2.05) is 37.3 Å². The number of guanidine groups is 1. The lowest BCUT2D eigenvalue weighted by molar-refractivity contribution is -0.142. The SMILES string of the molecule is CCCC[C@H](NC(C)=O)C(=O)N[C@H]1CC(=O)NCCCC[C@@H](C(=O)O)NC(=O)[C@H](Cc2cccc3ccccc23)NC(=O)[C@H](CCCN=C(N)N)NC(=O)[C@@H](Cc2ccccc2)NC(=O)[C@H](Cc2cnc[nH]2)NC1=O. The van der Waals surface area contributed by atoms with E-state index in [0.717, 1.165) is 10.8 Å². The number of aliphatic carboxylic acids is 1. The van der Waals surface area contributed by atoms with Gasteiger partial charge in [-0.05, 0) is 60.4 Å². The molecule has 0 saturated carbocycles. The highest BCUT2D eigenvalue weighted by atomic mass is 16.4. The lowest BCUT2D eigenvalue weighted by Gasteiger charge is -2.28. The van der Waals surface area contributed by atoms with Crippen LogP contribution in [0.5, 0.6) is 0 Å². The summed E-state index contributed by atoms with van der Waals surface area (Å²) in [6, 6.07) is 11.8. The van der Waals surface area contributed by atoms with Crippen LogP contribution in [0.2, 0.25) is 0 Å². The van der Waals surface area contributed by atoms with Gasteiger partial charge in [-0.15, -0.1) is 0 Å². The number of carboxylic acids is 1. The summed E-state index contributed by atoms with van der Waals surface area (Å²) in [7, 11) is 0. The van der Waals surface area contributed by atoms with E-state index in [0.29, 0.717) is 29.7 Å². The lowest BCUT2D eigenvalue weighted by Crippen LogP contribution is -2.61. The van der Waals surface area contributed by atoms with Crippen LogP contribution in [0.3, 0.4) is 0 Å². The first-order valence-corrected chi connectivity index (χ1v) is 25.1. The summed E-state index contributed by atoms with van der Waals surface area (Å²) in [5.41, 5.74) is 12.8. The highest BCUT2D eigenvalue weighted by Gasteiger charge is 2.35. The number of nitrogens with two attached hydrogens (primary N) is 2. The van der Waals surface area contributed by atoms with E-state index in [2.05, 4.69) is 57.5 Å². The number of rotatable bonds is 17. The van der Waals surface area contributed by atoms with Crippen LogP contribution in [0, 0.1) is 0 Å². The van der Waals surface area contributed by atoms with E-state index in [9.17, 15) is 48.3 Å². The molecule has 4 aromatic rings. The van der Waals surface area contributed by atoms with E-state index >= 15 is 0 Å². The number of aliphatic imine (C=N–C) groups is 1. The normalized spacial score (nSPS) is 21.1. The van der Waals surface area contributed by atoms with Gasteiger partial charge < -0.3 is 64.1 Å². The number of hydrogen-bond donors (Lipinski definition) is 12. The van der Waals surface area contributed by atoms with Gasteiger partial charge in [-0.25, -0.2) is 9.78 Å². The first-order chi connectivity index (χ1) is 36.0. The Morgan fingerprint density at radius 3 is 2.08 bits per heavy atom. The molecule has 23 heteroatoms. The fraction of sp³-hybridized carbons (Fsp3) is 0.442. The summed E-state index contributed by atoms with van der Waals surface area (Å²) in [6.45, 7) is 3.19. The number of unbranched alkanes of at least 4 members (excludes halogenated alkanes) is 1. The number of fused-ring (bicyclic) bond motifs is 1. The number of nitrogens with one attached hydrogen (secondary N) is 9. The molecule has 0 unspecified atom stereocenters. The maximum Gasteiger partial charge on any atom is 0.326 e. The smallest absolute Gasteiger partial charge is 0.326 e. The summed E-state index contributed by atoms with van der Waals surface area (Å²) in [4.78, 5) is 136. The molecule has 2 heterocycles. The molecule has 3 aromatic carbocycles. The van der Waals surface area contributed by atoms with Gasteiger partial charge in [-0.1, -0.05) is 92.6 Å². The summed E-state index contributed by atoms with van der Waals surface area (Å²) in [5.74, 6) is -7.78. The number of carboxylic acid groups (broad SMARTS) is 1. The van der Waals surface area contributed by atoms with E-state index in [1.165, 1.54) is 19.4 Å². The number of H-pyrrole nitrogens is 1. The van der Waals surface area contributed by atoms with Crippen molar-refractivity contribution in [1.82, 2.24) is 52.5 Å². The third kappa shape index (κ3) is 18.9. The molecule has 0 spiro atoms. The van der Waals surface area contributed by atoms with Crippen molar-refractivity contribution in [2.24, 2.45) is 16.5 Å². The second-order valence-electron chi connectivity index (χ2n) is 18.4.